The van der Waals surface area contributed by atoms with Crippen molar-refractivity contribution < 1.29 is 9.53 Å². The fourth-order valence-electron chi connectivity index (χ4n) is 3.40. The first kappa shape index (κ1) is 19.4. The van der Waals surface area contributed by atoms with Crippen LogP contribution in [0, 0.1) is 13.8 Å². The molecule has 0 spiro atoms. The van der Waals surface area contributed by atoms with Gasteiger partial charge in [0, 0.05) is 26.1 Å². The number of ketones is 1. The van der Waals surface area contributed by atoms with Crippen molar-refractivity contribution in [2.24, 2.45) is 0 Å². The minimum Gasteiger partial charge on any atom is -0.494 e. The molecule has 3 aromatic carbocycles. The molecule has 0 radical (unpaired) electrons. The summed E-state index contributed by atoms with van der Waals surface area (Å²) < 4.78 is 6.80. The van der Waals surface area contributed by atoms with E-state index in [1.54, 1.807) is 11.3 Å². The van der Waals surface area contributed by atoms with Crippen LogP contribution in [0.1, 0.15) is 40.4 Å². The summed E-state index contributed by atoms with van der Waals surface area (Å²) in [5, 5.41) is 1.02. The van der Waals surface area contributed by atoms with Crippen molar-refractivity contribution in [3.8, 4) is 16.2 Å². The second-order valence-electron chi connectivity index (χ2n) is 7.37. The molecule has 0 unspecified atom stereocenters. The van der Waals surface area contributed by atoms with Gasteiger partial charge in [0.05, 0.1) is 6.61 Å². The molecule has 0 amide bonds. The standard InChI is InChI=1S/C26H24O2S/c1-4-15-28-21-12-10-19(11-13-21)25(27)24-22-14-7-18(3)16-23(22)29-26(24)20-8-5-17(2)6-9-20/h5-14,16H,4,15H2,1-3H3. The zero-order valence-corrected chi connectivity index (χ0v) is 17.8. The predicted molar refractivity (Wildman–Crippen MR) is 122 cm³/mol. The molecule has 29 heavy (non-hydrogen) atoms. The Kier molecular flexibility index (Phi) is 5.50. The molecule has 3 heteroatoms. The van der Waals surface area contributed by atoms with Crippen LogP contribution in [0.3, 0.4) is 0 Å². The molecule has 0 saturated heterocycles. The Hall–Kier alpha value is -2.91. The number of hydrogen-bond donors (Lipinski definition) is 0. The summed E-state index contributed by atoms with van der Waals surface area (Å²) in [6, 6.07) is 22.2. The number of carbonyl (C=O) groups is 1. The van der Waals surface area contributed by atoms with Gasteiger partial charge in [-0.15, -0.1) is 11.3 Å². The van der Waals surface area contributed by atoms with Gasteiger partial charge in [-0.1, -0.05) is 48.9 Å². The predicted octanol–water partition coefficient (Wildman–Crippen LogP) is 7.20. The lowest BCUT2D eigenvalue weighted by molar-refractivity contribution is 0.104. The Balaban J connectivity index is 1.81. The van der Waals surface area contributed by atoms with Crippen LogP contribution < -0.4 is 4.74 Å². The molecule has 0 aliphatic carbocycles. The van der Waals surface area contributed by atoms with E-state index in [-0.39, 0.29) is 5.78 Å². The van der Waals surface area contributed by atoms with Crippen molar-refractivity contribution in [3.05, 3.63) is 89.0 Å². The summed E-state index contributed by atoms with van der Waals surface area (Å²) in [6.07, 6.45) is 0.959. The first-order chi connectivity index (χ1) is 14.1. The molecule has 2 nitrogen and oxygen atoms in total. The first-order valence-corrected chi connectivity index (χ1v) is 10.8. The van der Waals surface area contributed by atoms with Crippen molar-refractivity contribution in [3.63, 3.8) is 0 Å². The third-order valence-electron chi connectivity index (χ3n) is 4.98. The van der Waals surface area contributed by atoms with Crippen LogP contribution >= 0.6 is 11.3 Å². The largest absolute Gasteiger partial charge is 0.494 e. The highest BCUT2D eigenvalue weighted by Crippen LogP contribution is 2.40. The van der Waals surface area contributed by atoms with Crippen molar-refractivity contribution >= 4 is 27.2 Å². The normalized spacial score (nSPS) is 11.0. The van der Waals surface area contributed by atoms with E-state index in [0.717, 1.165) is 38.3 Å². The van der Waals surface area contributed by atoms with Gasteiger partial charge in [0.25, 0.3) is 0 Å². The van der Waals surface area contributed by atoms with Crippen molar-refractivity contribution in [1.82, 2.24) is 0 Å². The average molecular weight is 401 g/mol. The molecule has 146 valence electrons. The summed E-state index contributed by atoms with van der Waals surface area (Å²) in [4.78, 5) is 14.6. The Labute approximate surface area is 175 Å². The highest BCUT2D eigenvalue weighted by atomic mass is 32.1. The molecule has 0 atom stereocenters. The van der Waals surface area contributed by atoms with Gasteiger partial charge in [-0.3, -0.25) is 4.79 Å². The van der Waals surface area contributed by atoms with Gasteiger partial charge in [0.15, 0.2) is 5.78 Å². The monoisotopic (exact) mass is 400 g/mol. The van der Waals surface area contributed by atoms with Gasteiger partial charge < -0.3 is 4.74 Å². The maximum absolute atomic E-state index is 13.6. The zero-order chi connectivity index (χ0) is 20.4. The van der Waals surface area contributed by atoms with Crippen LogP contribution in [-0.2, 0) is 0 Å². The van der Waals surface area contributed by atoms with E-state index >= 15 is 0 Å². The molecule has 0 N–H and O–H groups in total. The quantitative estimate of drug-likeness (QED) is 0.320. The van der Waals surface area contributed by atoms with E-state index in [1.165, 1.54) is 11.1 Å². The topological polar surface area (TPSA) is 26.3 Å². The van der Waals surface area contributed by atoms with Gasteiger partial charge in [-0.05, 0) is 61.7 Å². The van der Waals surface area contributed by atoms with E-state index < -0.39 is 0 Å². The van der Waals surface area contributed by atoms with Crippen LogP contribution in [0.4, 0.5) is 0 Å². The second kappa shape index (κ2) is 8.22. The highest BCUT2D eigenvalue weighted by molar-refractivity contribution is 7.22. The Morgan fingerprint density at radius 3 is 2.28 bits per heavy atom. The van der Waals surface area contributed by atoms with Gasteiger partial charge in [-0.25, -0.2) is 0 Å². The number of aryl methyl sites for hydroxylation is 2. The molecular formula is C26H24O2S. The van der Waals surface area contributed by atoms with Crippen molar-refractivity contribution in [2.75, 3.05) is 6.61 Å². The van der Waals surface area contributed by atoms with Gasteiger partial charge in [0.1, 0.15) is 5.75 Å². The third-order valence-corrected chi connectivity index (χ3v) is 6.18. The van der Waals surface area contributed by atoms with Crippen LogP contribution in [0.2, 0.25) is 0 Å². The lowest BCUT2D eigenvalue weighted by Crippen LogP contribution is -2.03. The number of hydrogen-bond acceptors (Lipinski definition) is 3. The van der Waals surface area contributed by atoms with E-state index in [0.29, 0.717) is 12.2 Å². The van der Waals surface area contributed by atoms with E-state index in [2.05, 4.69) is 63.2 Å². The van der Waals surface area contributed by atoms with Crippen LogP contribution in [0.5, 0.6) is 5.75 Å². The highest BCUT2D eigenvalue weighted by Gasteiger charge is 2.21. The fraction of sp³-hybridized carbons (Fsp3) is 0.192. The molecule has 0 aliphatic rings. The Morgan fingerprint density at radius 1 is 0.897 bits per heavy atom. The summed E-state index contributed by atoms with van der Waals surface area (Å²) in [6.45, 7) is 6.92. The number of thiophene rings is 1. The van der Waals surface area contributed by atoms with Crippen molar-refractivity contribution in [2.45, 2.75) is 27.2 Å². The SMILES string of the molecule is CCCOc1ccc(C(=O)c2c(-c3ccc(C)cc3)sc3cc(C)ccc23)cc1. The molecule has 4 rings (SSSR count). The van der Waals surface area contributed by atoms with E-state index in [4.69, 9.17) is 4.74 Å². The minimum absolute atomic E-state index is 0.0534. The summed E-state index contributed by atoms with van der Waals surface area (Å²) in [7, 11) is 0. The Morgan fingerprint density at radius 2 is 1.59 bits per heavy atom. The molecule has 1 heterocycles. The number of fused-ring (bicyclic) bond motifs is 1. The Bertz CT molecular complexity index is 1150. The summed E-state index contributed by atoms with van der Waals surface area (Å²) >= 11 is 1.69. The van der Waals surface area contributed by atoms with Gasteiger partial charge in [-0.2, -0.15) is 0 Å². The molecule has 0 aliphatic heterocycles. The van der Waals surface area contributed by atoms with Crippen LogP contribution in [-0.4, -0.2) is 12.4 Å². The average Bonchev–Trinajstić information content (AvgIpc) is 3.11. The lowest BCUT2D eigenvalue weighted by Gasteiger charge is -2.08. The molecule has 0 fully saturated rings. The second-order valence-corrected chi connectivity index (χ2v) is 8.43. The lowest BCUT2D eigenvalue weighted by atomic mass is 9.97. The molecule has 4 aromatic rings. The maximum Gasteiger partial charge on any atom is 0.195 e. The van der Waals surface area contributed by atoms with E-state index in [9.17, 15) is 4.79 Å². The fourth-order valence-corrected chi connectivity index (χ4v) is 4.71. The molecule has 1 aromatic heterocycles. The van der Waals surface area contributed by atoms with Crippen LogP contribution in [0.25, 0.3) is 20.5 Å². The molecular weight excluding hydrogens is 376 g/mol. The smallest absolute Gasteiger partial charge is 0.195 e. The minimum atomic E-state index is 0.0534. The molecule has 0 saturated carbocycles. The van der Waals surface area contributed by atoms with E-state index in [1.807, 2.05) is 24.3 Å². The van der Waals surface area contributed by atoms with Crippen LogP contribution in [0.15, 0.2) is 66.7 Å². The first-order valence-electron chi connectivity index (χ1n) is 9.94. The zero-order valence-electron chi connectivity index (χ0n) is 17.0. The summed E-state index contributed by atoms with van der Waals surface area (Å²) in [5.41, 5.74) is 4.96. The summed E-state index contributed by atoms with van der Waals surface area (Å²) in [5.74, 6) is 0.852. The third kappa shape index (κ3) is 3.96. The molecule has 0 bridgehead atoms. The number of benzene rings is 3. The van der Waals surface area contributed by atoms with Gasteiger partial charge in [0.2, 0.25) is 0 Å². The van der Waals surface area contributed by atoms with Crippen molar-refractivity contribution in [1.29, 1.82) is 0 Å². The number of carbonyl (C=O) groups excluding carboxylic acids is 1. The van der Waals surface area contributed by atoms with Gasteiger partial charge >= 0.3 is 0 Å². The maximum atomic E-state index is 13.6. The number of ether oxygens (including phenoxy) is 1. The number of rotatable bonds is 6.